The van der Waals surface area contributed by atoms with Gasteiger partial charge in [-0.05, 0) is 87.9 Å². The summed E-state index contributed by atoms with van der Waals surface area (Å²) in [4.78, 5) is 11.9. The number of aromatic nitrogens is 2. The van der Waals surface area contributed by atoms with Gasteiger partial charge in [0.15, 0.2) is 5.11 Å². The maximum absolute atomic E-state index is 5.93. The fourth-order valence-corrected chi connectivity index (χ4v) is 6.28. The van der Waals surface area contributed by atoms with Gasteiger partial charge in [0.25, 0.3) is 0 Å². The quantitative estimate of drug-likeness (QED) is 0.403. The monoisotopic (exact) mass is 532 g/mol. The van der Waals surface area contributed by atoms with Crippen LogP contribution in [0.1, 0.15) is 48.6 Å². The lowest BCUT2D eigenvalue weighted by Crippen LogP contribution is -2.42. The first-order valence-corrected chi connectivity index (χ1v) is 14.2. The summed E-state index contributed by atoms with van der Waals surface area (Å²) in [6.45, 7) is 16.2. The average Bonchev–Trinajstić information content (AvgIpc) is 3.44. The summed E-state index contributed by atoms with van der Waals surface area (Å²) >= 11 is 5.93. The largest absolute Gasteiger partial charge is 0.379 e. The van der Waals surface area contributed by atoms with Crippen molar-refractivity contribution >= 4 is 23.0 Å². The Hall–Kier alpha value is -2.94. The van der Waals surface area contributed by atoms with Crippen molar-refractivity contribution in [1.29, 1.82) is 0 Å². The standard InChI is InChI=1S/C30H40N6OS/c1-5-34(6-2)24-10-12-25(13-11-24)36-22(3)21-26(23(36)4)29-28(27-9-7-8-14-31-27)32-30(38)35(29)16-15-33-17-19-37-20-18-33/h7-14,21,28-29H,5-6,15-20H2,1-4H3,(H,32,38)/t28-,29-/m0/s1. The molecule has 1 aromatic carbocycles. The minimum atomic E-state index is -0.00705. The molecular weight excluding hydrogens is 492 g/mol. The van der Waals surface area contributed by atoms with Crippen molar-refractivity contribution in [2.75, 3.05) is 57.4 Å². The molecule has 4 heterocycles. The van der Waals surface area contributed by atoms with Gasteiger partial charge in [0, 0.05) is 68.2 Å². The van der Waals surface area contributed by atoms with Crippen LogP contribution in [0, 0.1) is 13.8 Å². The molecule has 2 aliphatic heterocycles. The van der Waals surface area contributed by atoms with Crippen molar-refractivity contribution < 1.29 is 4.74 Å². The normalized spacial score (nSPS) is 20.1. The van der Waals surface area contributed by atoms with E-state index < -0.39 is 0 Å². The Morgan fingerprint density at radius 2 is 1.76 bits per heavy atom. The smallest absolute Gasteiger partial charge is 0.170 e. The van der Waals surface area contributed by atoms with E-state index in [1.165, 1.54) is 28.3 Å². The number of nitrogens with one attached hydrogen (secondary N) is 1. The average molecular weight is 533 g/mol. The third-order valence-corrected chi connectivity index (χ3v) is 8.34. The van der Waals surface area contributed by atoms with E-state index in [0.717, 1.165) is 63.3 Å². The fourth-order valence-electron chi connectivity index (χ4n) is 5.94. The first-order valence-electron chi connectivity index (χ1n) is 13.8. The van der Waals surface area contributed by atoms with Crippen LogP contribution in [0.3, 0.4) is 0 Å². The van der Waals surface area contributed by atoms with Crippen molar-refractivity contribution in [2.24, 2.45) is 0 Å². The Kier molecular flexibility index (Phi) is 8.31. The van der Waals surface area contributed by atoms with E-state index in [1.54, 1.807) is 0 Å². The van der Waals surface area contributed by atoms with Crippen LogP contribution in [0.15, 0.2) is 54.7 Å². The second kappa shape index (κ2) is 11.8. The number of rotatable bonds is 9. The highest BCUT2D eigenvalue weighted by Gasteiger charge is 2.41. The third-order valence-electron chi connectivity index (χ3n) is 7.98. The molecule has 0 bridgehead atoms. The van der Waals surface area contributed by atoms with Gasteiger partial charge in [-0.15, -0.1) is 0 Å². The van der Waals surface area contributed by atoms with E-state index in [0.29, 0.717) is 0 Å². The molecule has 0 amide bonds. The Morgan fingerprint density at radius 3 is 2.42 bits per heavy atom. The third kappa shape index (κ3) is 5.30. The maximum atomic E-state index is 5.93. The maximum Gasteiger partial charge on any atom is 0.170 e. The Morgan fingerprint density at radius 1 is 1.03 bits per heavy atom. The SMILES string of the molecule is CCN(CC)c1ccc(-n2c(C)cc([C@H]3[C@H](c4ccccn4)NC(=S)N3CCN3CCOCC3)c2C)cc1. The highest BCUT2D eigenvalue weighted by molar-refractivity contribution is 7.80. The van der Waals surface area contributed by atoms with Gasteiger partial charge < -0.3 is 24.4 Å². The van der Waals surface area contributed by atoms with E-state index >= 15 is 0 Å². The second-order valence-electron chi connectivity index (χ2n) is 10.1. The Balaban J connectivity index is 1.49. The highest BCUT2D eigenvalue weighted by Crippen LogP contribution is 2.41. The molecule has 0 unspecified atom stereocenters. The van der Waals surface area contributed by atoms with Crippen molar-refractivity contribution in [1.82, 2.24) is 24.7 Å². The molecular formula is C30H40N6OS. The minimum Gasteiger partial charge on any atom is -0.379 e. The topological polar surface area (TPSA) is 48.8 Å². The number of aryl methyl sites for hydroxylation is 1. The number of pyridine rings is 1. The van der Waals surface area contributed by atoms with E-state index in [4.69, 9.17) is 21.9 Å². The molecule has 5 rings (SSSR count). The lowest BCUT2D eigenvalue weighted by molar-refractivity contribution is 0.0350. The zero-order valence-electron chi connectivity index (χ0n) is 23.1. The zero-order chi connectivity index (χ0) is 26.6. The minimum absolute atomic E-state index is 0.00705. The first kappa shape index (κ1) is 26.7. The number of ether oxygens (including phenoxy) is 1. The van der Waals surface area contributed by atoms with Gasteiger partial charge in [-0.25, -0.2) is 0 Å². The number of nitrogens with zero attached hydrogens (tertiary/aromatic N) is 5. The van der Waals surface area contributed by atoms with Crippen molar-refractivity contribution in [3.05, 3.63) is 77.4 Å². The number of hydrogen-bond acceptors (Lipinski definition) is 5. The predicted molar refractivity (Wildman–Crippen MR) is 158 cm³/mol. The Bertz CT molecular complexity index is 1220. The molecule has 1 N–H and O–H groups in total. The van der Waals surface area contributed by atoms with Crippen LogP contribution >= 0.6 is 12.2 Å². The number of benzene rings is 1. The van der Waals surface area contributed by atoms with Gasteiger partial charge in [0.1, 0.15) is 0 Å². The molecule has 2 atom stereocenters. The van der Waals surface area contributed by atoms with Crippen LogP contribution in [-0.4, -0.2) is 76.9 Å². The van der Waals surface area contributed by atoms with Gasteiger partial charge in [-0.3, -0.25) is 9.88 Å². The molecule has 2 aliphatic rings. The van der Waals surface area contributed by atoms with Gasteiger partial charge in [-0.2, -0.15) is 0 Å². The van der Waals surface area contributed by atoms with Crippen LogP contribution in [-0.2, 0) is 4.74 Å². The summed E-state index contributed by atoms with van der Waals surface area (Å²) in [5, 5.41) is 4.42. The molecule has 2 saturated heterocycles. The summed E-state index contributed by atoms with van der Waals surface area (Å²) in [5.41, 5.74) is 7.22. The summed E-state index contributed by atoms with van der Waals surface area (Å²) in [7, 11) is 0. The molecule has 8 heteroatoms. The van der Waals surface area contributed by atoms with Crippen molar-refractivity contribution in [3.63, 3.8) is 0 Å². The first-order chi connectivity index (χ1) is 18.5. The number of hydrogen-bond donors (Lipinski definition) is 1. The number of anilines is 1. The van der Waals surface area contributed by atoms with Gasteiger partial charge in [-0.1, -0.05) is 6.07 Å². The lowest BCUT2D eigenvalue weighted by Gasteiger charge is -2.32. The summed E-state index contributed by atoms with van der Waals surface area (Å²) < 4.78 is 7.93. The van der Waals surface area contributed by atoms with Crippen LogP contribution in [0.5, 0.6) is 0 Å². The van der Waals surface area contributed by atoms with Crippen LogP contribution < -0.4 is 10.2 Å². The molecule has 2 aromatic heterocycles. The van der Waals surface area contributed by atoms with Gasteiger partial charge in [0.05, 0.1) is 31.0 Å². The van der Waals surface area contributed by atoms with Crippen molar-refractivity contribution in [2.45, 2.75) is 39.8 Å². The molecule has 2 fully saturated rings. The van der Waals surface area contributed by atoms with Gasteiger partial charge >= 0.3 is 0 Å². The van der Waals surface area contributed by atoms with Crippen LogP contribution in [0.4, 0.5) is 5.69 Å². The van der Waals surface area contributed by atoms with Crippen molar-refractivity contribution in [3.8, 4) is 5.69 Å². The van der Waals surface area contributed by atoms with E-state index in [1.807, 2.05) is 12.3 Å². The molecule has 0 aliphatic carbocycles. The summed E-state index contributed by atoms with van der Waals surface area (Å²) in [6.07, 6.45) is 1.87. The predicted octanol–water partition coefficient (Wildman–Crippen LogP) is 4.64. The zero-order valence-corrected chi connectivity index (χ0v) is 23.9. The molecule has 7 nitrogen and oxygen atoms in total. The molecule has 38 heavy (non-hydrogen) atoms. The van der Waals surface area contributed by atoms with E-state index in [-0.39, 0.29) is 12.1 Å². The second-order valence-corrected chi connectivity index (χ2v) is 10.5. The van der Waals surface area contributed by atoms with Gasteiger partial charge in [0.2, 0.25) is 0 Å². The van der Waals surface area contributed by atoms with Crippen LogP contribution in [0.25, 0.3) is 5.69 Å². The Labute approximate surface area is 232 Å². The summed E-state index contributed by atoms with van der Waals surface area (Å²) in [5.74, 6) is 0. The molecule has 0 radical (unpaired) electrons. The number of thiocarbonyl (C=S) groups is 1. The lowest BCUT2D eigenvalue weighted by atomic mass is 9.96. The van der Waals surface area contributed by atoms with E-state index in [9.17, 15) is 0 Å². The highest BCUT2D eigenvalue weighted by atomic mass is 32.1. The number of morpholine rings is 1. The van der Waals surface area contributed by atoms with E-state index in [2.05, 4.69) is 94.7 Å². The fraction of sp³-hybridized carbons (Fsp3) is 0.467. The molecule has 202 valence electrons. The van der Waals surface area contributed by atoms with Crippen LogP contribution in [0.2, 0.25) is 0 Å². The summed E-state index contributed by atoms with van der Waals surface area (Å²) in [6, 6.07) is 17.5. The molecule has 0 saturated carbocycles. The molecule has 3 aromatic rings. The molecule has 0 spiro atoms.